The Labute approximate surface area is 194 Å². The summed E-state index contributed by atoms with van der Waals surface area (Å²) >= 11 is 1.58. The molecule has 1 aliphatic carbocycles. The molecule has 2 atom stereocenters. The van der Waals surface area contributed by atoms with Gasteiger partial charge < -0.3 is 4.90 Å². The van der Waals surface area contributed by atoms with Crippen LogP contribution in [0, 0.1) is 11.8 Å². The second-order valence-electron chi connectivity index (χ2n) is 8.86. The average molecular weight is 463 g/mol. The van der Waals surface area contributed by atoms with E-state index in [0.717, 1.165) is 77.1 Å². The van der Waals surface area contributed by atoms with E-state index in [9.17, 15) is 9.59 Å². The average Bonchev–Trinajstić information content (AvgIpc) is 3.32. The zero-order valence-corrected chi connectivity index (χ0v) is 19.5. The third-order valence-electron chi connectivity index (χ3n) is 7.07. The van der Waals surface area contributed by atoms with Gasteiger partial charge in [0.2, 0.25) is 11.8 Å². The molecule has 2 saturated heterocycles. The van der Waals surface area contributed by atoms with Crippen molar-refractivity contribution in [2.45, 2.75) is 38.5 Å². The van der Waals surface area contributed by atoms with E-state index in [1.165, 1.54) is 10.1 Å². The molecule has 0 N–H and O–H groups in total. The highest BCUT2D eigenvalue weighted by molar-refractivity contribution is 7.13. The van der Waals surface area contributed by atoms with Crippen molar-refractivity contribution in [3.05, 3.63) is 24.3 Å². The van der Waals surface area contributed by atoms with Crippen molar-refractivity contribution in [2.24, 2.45) is 11.8 Å². The molecule has 0 radical (unpaired) electrons. The van der Waals surface area contributed by atoms with Gasteiger partial charge in [-0.25, -0.2) is 0 Å². The Bertz CT molecular complexity index is 903. The first-order valence-corrected chi connectivity index (χ1v) is 12.2. The summed E-state index contributed by atoms with van der Waals surface area (Å²) in [5, 5.41) is 1.26. The lowest BCUT2D eigenvalue weighted by atomic mass is 9.81. The highest BCUT2D eigenvalue weighted by Gasteiger charge is 2.47. The molecule has 0 unspecified atom stereocenters. The molecule has 2 aromatic rings. The molecule has 1 aromatic carbocycles. The molecule has 5 rings (SSSR count). The molecule has 6 nitrogen and oxygen atoms in total. The number of rotatable bonds is 6. The maximum Gasteiger partial charge on any atom is 0.233 e. The summed E-state index contributed by atoms with van der Waals surface area (Å²) in [5.74, 6) is 1.31. The van der Waals surface area contributed by atoms with Crippen LogP contribution in [0.5, 0.6) is 0 Å². The van der Waals surface area contributed by atoms with Gasteiger partial charge >= 0.3 is 0 Å². The van der Waals surface area contributed by atoms with Crippen molar-refractivity contribution in [1.82, 2.24) is 14.2 Å². The second-order valence-corrected chi connectivity index (χ2v) is 9.67. The molecule has 0 spiro atoms. The smallest absolute Gasteiger partial charge is 0.233 e. The fourth-order valence-electron chi connectivity index (χ4n) is 5.34. The van der Waals surface area contributed by atoms with Gasteiger partial charge in [0.15, 0.2) is 0 Å². The Morgan fingerprint density at radius 2 is 1.55 bits per heavy atom. The molecule has 168 valence electrons. The highest BCUT2D eigenvalue weighted by Crippen LogP contribution is 2.38. The second kappa shape index (κ2) is 9.84. The van der Waals surface area contributed by atoms with E-state index < -0.39 is 0 Å². The molecule has 31 heavy (non-hydrogen) atoms. The number of imide groups is 1. The highest BCUT2D eigenvalue weighted by atomic mass is 35.5. The van der Waals surface area contributed by atoms with Crippen molar-refractivity contribution in [3.63, 3.8) is 0 Å². The van der Waals surface area contributed by atoms with Crippen LogP contribution in [-0.2, 0) is 9.59 Å². The van der Waals surface area contributed by atoms with Crippen LogP contribution >= 0.6 is 23.9 Å². The Hall–Kier alpha value is -1.70. The van der Waals surface area contributed by atoms with Crippen molar-refractivity contribution in [2.75, 3.05) is 44.2 Å². The van der Waals surface area contributed by atoms with Crippen LogP contribution in [0.4, 0.5) is 5.82 Å². The van der Waals surface area contributed by atoms with Crippen LogP contribution < -0.4 is 4.90 Å². The van der Waals surface area contributed by atoms with Crippen molar-refractivity contribution in [3.8, 4) is 0 Å². The summed E-state index contributed by atoms with van der Waals surface area (Å²) in [7, 11) is 0. The minimum absolute atomic E-state index is 0. The zero-order valence-electron chi connectivity index (χ0n) is 17.9. The molecular formula is C23H31ClN4O2S. The molecule has 3 aliphatic rings. The van der Waals surface area contributed by atoms with Crippen LogP contribution in [0.2, 0.25) is 0 Å². The quantitative estimate of drug-likeness (QED) is 0.482. The topological polar surface area (TPSA) is 56.8 Å². The number of amides is 2. The van der Waals surface area contributed by atoms with E-state index in [-0.39, 0.29) is 36.1 Å². The van der Waals surface area contributed by atoms with Crippen LogP contribution in [0.25, 0.3) is 10.1 Å². The number of unbranched alkanes of at least 4 members (excludes halogenated alkanes) is 1. The fourth-order valence-corrected chi connectivity index (χ4v) is 6.14. The Balaban J connectivity index is 0.00000231. The number of benzene rings is 1. The number of hydrogen-bond donors (Lipinski definition) is 0. The summed E-state index contributed by atoms with van der Waals surface area (Å²) in [4.78, 5) is 31.6. The molecule has 1 aromatic heterocycles. The van der Waals surface area contributed by atoms with Crippen molar-refractivity contribution >= 4 is 51.7 Å². The minimum atomic E-state index is -0.0128. The Morgan fingerprint density at radius 1 is 0.903 bits per heavy atom. The molecule has 2 aliphatic heterocycles. The third-order valence-corrected chi connectivity index (χ3v) is 7.89. The lowest BCUT2D eigenvalue weighted by Crippen LogP contribution is -2.46. The van der Waals surface area contributed by atoms with E-state index in [4.69, 9.17) is 0 Å². The minimum Gasteiger partial charge on any atom is -0.353 e. The number of carbonyl (C=O) groups excluding carboxylic acids is 2. The summed E-state index contributed by atoms with van der Waals surface area (Å²) in [6.07, 6.45) is 5.95. The van der Waals surface area contributed by atoms with Gasteiger partial charge in [0.05, 0.1) is 16.5 Å². The van der Waals surface area contributed by atoms with Crippen molar-refractivity contribution < 1.29 is 9.59 Å². The number of anilines is 1. The normalized spacial score (nSPS) is 24.5. The monoisotopic (exact) mass is 462 g/mol. The van der Waals surface area contributed by atoms with E-state index in [1.807, 2.05) is 0 Å². The summed E-state index contributed by atoms with van der Waals surface area (Å²) in [6.45, 7) is 5.72. The first kappa shape index (κ1) is 22.5. The lowest BCUT2D eigenvalue weighted by molar-refractivity contribution is -0.140. The SMILES string of the molecule is Cl.O=C1[C@H]2CCCC[C@@H]2C(=O)N1CCCCN1CCN(c2nsc3ccccc23)CC1. The van der Waals surface area contributed by atoms with Crippen LogP contribution in [0.3, 0.4) is 0 Å². The number of nitrogens with zero attached hydrogens (tertiary/aromatic N) is 4. The summed E-state index contributed by atoms with van der Waals surface area (Å²) < 4.78 is 5.94. The fraction of sp³-hybridized carbons (Fsp3) is 0.609. The van der Waals surface area contributed by atoms with Gasteiger partial charge in [-0.1, -0.05) is 25.0 Å². The largest absolute Gasteiger partial charge is 0.353 e. The molecule has 1 saturated carbocycles. The number of carbonyl (C=O) groups is 2. The van der Waals surface area contributed by atoms with Gasteiger partial charge in [-0.3, -0.25) is 19.4 Å². The lowest BCUT2D eigenvalue weighted by Gasteiger charge is -2.35. The van der Waals surface area contributed by atoms with E-state index in [0.29, 0.717) is 6.54 Å². The van der Waals surface area contributed by atoms with Gasteiger partial charge in [0.1, 0.15) is 5.82 Å². The molecule has 0 bridgehead atoms. The van der Waals surface area contributed by atoms with Crippen LogP contribution in [-0.4, -0.2) is 65.3 Å². The maximum absolute atomic E-state index is 12.6. The summed E-state index contributed by atoms with van der Waals surface area (Å²) in [6, 6.07) is 8.45. The molecular weight excluding hydrogens is 432 g/mol. The number of piperazine rings is 1. The third kappa shape index (κ3) is 4.45. The predicted octanol–water partition coefficient (Wildman–Crippen LogP) is 3.80. The first-order chi connectivity index (χ1) is 14.7. The van der Waals surface area contributed by atoms with Crippen molar-refractivity contribution in [1.29, 1.82) is 0 Å². The van der Waals surface area contributed by atoms with E-state index in [1.54, 1.807) is 16.4 Å². The van der Waals surface area contributed by atoms with Crippen LogP contribution in [0.15, 0.2) is 24.3 Å². The van der Waals surface area contributed by atoms with Gasteiger partial charge in [-0.05, 0) is 55.9 Å². The van der Waals surface area contributed by atoms with Gasteiger partial charge in [0, 0.05) is 38.1 Å². The number of fused-ring (bicyclic) bond motifs is 2. The maximum atomic E-state index is 12.6. The number of halogens is 1. The van der Waals surface area contributed by atoms with Gasteiger partial charge in [-0.2, -0.15) is 4.37 Å². The molecule has 2 amide bonds. The van der Waals surface area contributed by atoms with Crippen LogP contribution in [0.1, 0.15) is 38.5 Å². The van der Waals surface area contributed by atoms with Gasteiger partial charge in [0.25, 0.3) is 0 Å². The van der Waals surface area contributed by atoms with Gasteiger partial charge in [-0.15, -0.1) is 12.4 Å². The zero-order chi connectivity index (χ0) is 20.5. The number of hydrogen-bond acceptors (Lipinski definition) is 6. The number of aromatic nitrogens is 1. The molecule has 8 heteroatoms. The van der Waals surface area contributed by atoms with E-state index in [2.05, 4.69) is 38.4 Å². The molecule has 3 heterocycles. The number of likely N-dealkylation sites (tertiary alicyclic amines) is 1. The standard InChI is InChI=1S/C23H30N4O2S.ClH/c28-22-17-7-1-2-8-18(17)23(29)27(22)12-6-5-11-25-13-15-26(16-14-25)21-19-9-3-4-10-20(19)30-24-21;/h3-4,9-10,17-18H,1-2,5-8,11-16H2;1H/t17-,18-;/m0./s1. The predicted molar refractivity (Wildman–Crippen MR) is 127 cm³/mol. The molecule has 3 fully saturated rings. The summed E-state index contributed by atoms with van der Waals surface area (Å²) in [5.41, 5.74) is 0. The first-order valence-electron chi connectivity index (χ1n) is 11.4. The Kier molecular flexibility index (Phi) is 7.14. The Morgan fingerprint density at radius 3 is 2.26 bits per heavy atom. The van der Waals surface area contributed by atoms with E-state index >= 15 is 0 Å².